The van der Waals surface area contributed by atoms with Gasteiger partial charge in [-0.15, -0.1) is 11.3 Å². The minimum absolute atomic E-state index is 0.0664. The quantitative estimate of drug-likeness (QED) is 0.211. The lowest BCUT2D eigenvalue weighted by Crippen LogP contribution is -2.47. The number of rotatable bonds is 7. The Morgan fingerprint density at radius 1 is 1.18 bits per heavy atom. The number of nitrogens with two attached hydrogens (primary N) is 1. The number of hydrogen-bond donors (Lipinski definition) is 3. The molecule has 0 bridgehead atoms. The summed E-state index contributed by atoms with van der Waals surface area (Å²) < 4.78 is 45.9. The molecule has 39 heavy (non-hydrogen) atoms. The highest BCUT2D eigenvalue weighted by atomic mass is 32.1. The Kier molecular flexibility index (Phi) is 8.64. The number of allylic oxidation sites excluding steroid dienone is 1. The smallest absolute Gasteiger partial charge is 0.405 e. The van der Waals surface area contributed by atoms with Crippen LogP contribution in [0.15, 0.2) is 18.0 Å². The first-order valence-electron chi connectivity index (χ1n) is 13.4. The molecule has 7 nitrogen and oxygen atoms in total. The van der Waals surface area contributed by atoms with Gasteiger partial charge >= 0.3 is 12.1 Å². The summed E-state index contributed by atoms with van der Waals surface area (Å²) in [6, 6.07) is 1.19. The fraction of sp³-hybridized carbons (Fsp3) is 0.607. The summed E-state index contributed by atoms with van der Waals surface area (Å²) in [7, 11) is 0. The number of carboxylic acids is 1. The molecule has 11 heteroatoms. The number of carbonyl (C=O) groups excluding carboxylic acids is 1. The van der Waals surface area contributed by atoms with Crippen molar-refractivity contribution in [2.75, 3.05) is 4.90 Å². The molecule has 3 fully saturated rings. The van der Waals surface area contributed by atoms with Crippen LogP contribution in [0, 0.1) is 34.5 Å². The molecule has 4 N–H and O–H groups in total. The molecule has 1 amide bonds. The zero-order valence-electron chi connectivity index (χ0n) is 21.9. The summed E-state index contributed by atoms with van der Waals surface area (Å²) in [5.41, 5.74) is 3.97. The lowest BCUT2D eigenvalue weighted by molar-refractivity contribution is -0.168. The largest absolute Gasteiger partial charge is 0.477 e. The number of nitrogens with one attached hydrogen (secondary N) is 1. The highest BCUT2D eigenvalue weighted by Gasteiger charge is 2.62. The summed E-state index contributed by atoms with van der Waals surface area (Å²) in [5, 5.41) is 17.1. The molecule has 0 aromatic carbocycles. The second kappa shape index (κ2) is 11.6. The minimum atomic E-state index is -4.44. The van der Waals surface area contributed by atoms with E-state index in [0.29, 0.717) is 44.4 Å². The van der Waals surface area contributed by atoms with Crippen molar-refractivity contribution in [3.63, 3.8) is 0 Å². The van der Waals surface area contributed by atoms with Crippen LogP contribution in [0.2, 0.25) is 0 Å². The first-order chi connectivity index (χ1) is 18.4. The van der Waals surface area contributed by atoms with Crippen molar-refractivity contribution in [2.24, 2.45) is 23.0 Å². The molecule has 0 radical (unpaired) electrons. The van der Waals surface area contributed by atoms with Gasteiger partial charge in [0, 0.05) is 24.3 Å². The van der Waals surface area contributed by atoms with Crippen molar-refractivity contribution in [3.8, 4) is 11.8 Å². The van der Waals surface area contributed by atoms with Gasteiger partial charge in [-0.3, -0.25) is 4.79 Å². The van der Waals surface area contributed by atoms with Crippen molar-refractivity contribution < 1.29 is 32.6 Å². The van der Waals surface area contributed by atoms with Gasteiger partial charge in [-0.05, 0) is 76.2 Å². The van der Waals surface area contributed by atoms with Crippen molar-refractivity contribution >= 4 is 35.1 Å². The molecule has 1 aromatic rings. The topological polar surface area (TPSA) is 117 Å². The van der Waals surface area contributed by atoms with E-state index in [-0.39, 0.29) is 58.1 Å². The lowest BCUT2D eigenvalue weighted by Gasteiger charge is -2.39. The molecule has 0 saturated heterocycles. The number of amides is 1. The number of ether oxygens (including phenoxy) is 1. The van der Waals surface area contributed by atoms with Gasteiger partial charge in [0.15, 0.2) is 5.88 Å². The Labute approximate surface area is 230 Å². The number of carboxylic acid groups (broad SMARTS) is 1. The molecule has 1 heterocycles. The maximum atomic E-state index is 14.0. The van der Waals surface area contributed by atoms with Crippen molar-refractivity contribution in [3.05, 3.63) is 27.8 Å². The number of nitrogens with zero attached hydrogens (tertiary/aromatic N) is 1. The molecule has 212 valence electrons. The van der Waals surface area contributed by atoms with E-state index in [9.17, 15) is 27.9 Å². The average molecular weight is 566 g/mol. The Bertz CT molecular complexity index is 1180. The maximum Gasteiger partial charge on any atom is 0.405 e. The van der Waals surface area contributed by atoms with E-state index >= 15 is 0 Å². The predicted octanol–water partition coefficient (Wildman–Crippen LogP) is 6.08. The summed E-state index contributed by atoms with van der Waals surface area (Å²) in [4.78, 5) is 27.9. The van der Waals surface area contributed by atoms with Crippen LogP contribution >= 0.6 is 11.3 Å². The van der Waals surface area contributed by atoms with Crippen LogP contribution in [-0.2, 0) is 9.53 Å². The van der Waals surface area contributed by atoms with Crippen molar-refractivity contribution in [1.82, 2.24) is 0 Å². The highest BCUT2D eigenvalue weighted by Crippen LogP contribution is 2.57. The molecule has 0 spiro atoms. The molecule has 1 aromatic heterocycles. The normalized spacial score (nSPS) is 26.6. The molecule has 0 unspecified atom stereocenters. The Morgan fingerprint density at radius 2 is 1.82 bits per heavy atom. The van der Waals surface area contributed by atoms with Crippen LogP contribution in [0.25, 0.3) is 0 Å². The van der Waals surface area contributed by atoms with Gasteiger partial charge in [-0.2, -0.15) is 13.2 Å². The summed E-state index contributed by atoms with van der Waals surface area (Å²) in [5.74, 6) is 3.97. The number of thiophene rings is 1. The van der Waals surface area contributed by atoms with E-state index in [1.165, 1.54) is 12.1 Å². The van der Waals surface area contributed by atoms with Crippen molar-refractivity contribution in [1.29, 1.82) is 5.41 Å². The molecule has 4 rings (SSSR count). The van der Waals surface area contributed by atoms with Crippen LogP contribution < -0.4 is 10.6 Å². The molecule has 0 atom stereocenters. The maximum absolute atomic E-state index is 14.0. The van der Waals surface area contributed by atoms with Crippen LogP contribution in [0.5, 0.6) is 0 Å². The van der Waals surface area contributed by atoms with Crippen LogP contribution in [0.3, 0.4) is 0 Å². The Balaban J connectivity index is 1.64. The number of anilines is 1. The summed E-state index contributed by atoms with van der Waals surface area (Å²) in [6.07, 6.45) is 3.14. The van der Waals surface area contributed by atoms with Gasteiger partial charge < -0.3 is 25.9 Å². The molecule has 3 aliphatic carbocycles. The summed E-state index contributed by atoms with van der Waals surface area (Å²) in [6.45, 7) is 2.15. The molecule has 3 saturated carbocycles. The third kappa shape index (κ3) is 6.60. The zero-order chi connectivity index (χ0) is 28.4. The van der Waals surface area contributed by atoms with E-state index in [1.807, 2.05) is 0 Å². The van der Waals surface area contributed by atoms with Gasteiger partial charge in [0.05, 0.1) is 10.6 Å². The predicted molar refractivity (Wildman–Crippen MR) is 143 cm³/mol. The first kappa shape index (κ1) is 29.0. The average Bonchev–Trinajstić information content (AvgIpc) is 3.58. The second-order valence-corrected chi connectivity index (χ2v) is 12.0. The Morgan fingerprint density at radius 3 is 2.36 bits per heavy atom. The van der Waals surface area contributed by atoms with E-state index < -0.39 is 17.6 Å². The fourth-order valence-electron chi connectivity index (χ4n) is 5.49. The van der Waals surface area contributed by atoms with E-state index in [1.54, 1.807) is 4.90 Å². The van der Waals surface area contributed by atoms with Crippen LogP contribution in [0.1, 0.15) is 85.7 Å². The van der Waals surface area contributed by atoms with E-state index in [4.69, 9.17) is 15.9 Å². The lowest BCUT2D eigenvalue weighted by atomic mass is 9.81. The number of hydrogen-bond acceptors (Lipinski definition) is 6. The molecule has 0 aliphatic heterocycles. The van der Waals surface area contributed by atoms with Gasteiger partial charge in [0.2, 0.25) is 5.91 Å². The standard InChI is InChI=1S/C28H34F3N3O4S/c1-17-2-4-18(5-3-17)25(35)34(19-6-8-20(9-7-19)38-23(33)11-15-32)22-16-21(39-24(22)26(36)37)10-12-27(13-14-27)28(29,30)31/h11,15-20,32H,2-9,13-14,33H2,1H3,(H,36,37). The van der Waals surface area contributed by atoms with Crippen LogP contribution in [-0.4, -0.2) is 41.5 Å². The van der Waals surface area contributed by atoms with Gasteiger partial charge in [-0.1, -0.05) is 18.8 Å². The monoisotopic (exact) mass is 565 g/mol. The van der Waals surface area contributed by atoms with Crippen molar-refractivity contribution in [2.45, 2.75) is 89.5 Å². The highest BCUT2D eigenvalue weighted by molar-refractivity contribution is 7.15. The molecular weight excluding hydrogens is 531 g/mol. The third-order valence-electron chi connectivity index (χ3n) is 8.05. The SMILES string of the molecule is CC1CCC(C(=O)N(c2cc(C#CC3(C(F)(F)F)CC3)sc2C(=O)O)C2CCC(OC(N)=CC=N)CC2)CC1. The van der Waals surface area contributed by atoms with E-state index in [0.717, 1.165) is 30.4 Å². The number of alkyl halides is 3. The third-order valence-corrected chi connectivity index (χ3v) is 9.07. The number of carbonyl (C=O) groups is 2. The summed E-state index contributed by atoms with van der Waals surface area (Å²) >= 11 is 0.814. The first-order valence-corrected chi connectivity index (χ1v) is 14.2. The van der Waals surface area contributed by atoms with Crippen LogP contribution in [0.4, 0.5) is 18.9 Å². The molecule has 3 aliphatic rings. The second-order valence-electron chi connectivity index (χ2n) is 10.9. The minimum Gasteiger partial charge on any atom is -0.477 e. The van der Waals surface area contributed by atoms with Gasteiger partial charge in [-0.25, -0.2) is 4.79 Å². The van der Waals surface area contributed by atoms with E-state index in [2.05, 4.69) is 18.8 Å². The van der Waals surface area contributed by atoms with Gasteiger partial charge in [0.25, 0.3) is 0 Å². The fourth-order valence-corrected chi connectivity index (χ4v) is 6.34. The Hall–Kier alpha value is -3.00. The number of halogens is 3. The van der Waals surface area contributed by atoms with Gasteiger partial charge in [0.1, 0.15) is 16.4 Å². The molecular formula is C28H34F3N3O4S. The number of aromatic carboxylic acids is 1. The zero-order valence-corrected chi connectivity index (χ0v) is 22.7.